The minimum atomic E-state index is -0.730. The van der Waals surface area contributed by atoms with Gasteiger partial charge < -0.3 is 20.6 Å². The van der Waals surface area contributed by atoms with Gasteiger partial charge in [-0.1, -0.05) is 19.8 Å². The van der Waals surface area contributed by atoms with Crippen LogP contribution >= 0.6 is 0 Å². The minimum Gasteiger partial charge on any atom is -0.508 e. The van der Waals surface area contributed by atoms with Crippen LogP contribution in [0.4, 0.5) is 0 Å². The second kappa shape index (κ2) is 7.24. The average molecular weight is 253 g/mol. The smallest absolute Gasteiger partial charge is 0.119 e. The number of aliphatic hydroxyl groups excluding tert-OH is 1. The van der Waals surface area contributed by atoms with E-state index < -0.39 is 6.10 Å². The Hall–Kier alpha value is -1.26. The summed E-state index contributed by atoms with van der Waals surface area (Å²) < 4.78 is 0. The number of hydrogen-bond donors (Lipinski definition) is 4. The molecule has 4 N–H and O–H groups in total. The summed E-state index contributed by atoms with van der Waals surface area (Å²) in [6, 6.07) is 4.52. The second-order valence-electron chi connectivity index (χ2n) is 4.75. The fraction of sp³-hybridized carbons (Fsp3) is 0.571. The van der Waals surface area contributed by atoms with E-state index in [1.165, 1.54) is 18.2 Å². The van der Waals surface area contributed by atoms with E-state index in [0.717, 1.165) is 19.3 Å². The first kappa shape index (κ1) is 14.8. The first-order chi connectivity index (χ1) is 8.52. The van der Waals surface area contributed by atoms with Gasteiger partial charge in [-0.2, -0.15) is 0 Å². The summed E-state index contributed by atoms with van der Waals surface area (Å²) in [5.74, 6) is -0.0776. The van der Waals surface area contributed by atoms with E-state index in [1.54, 1.807) is 0 Å². The van der Waals surface area contributed by atoms with Crippen molar-refractivity contribution in [1.82, 2.24) is 5.32 Å². The molecule has 1 aromatic carbocycles. The molecule has 1 aromatic rings. The largest absolute Gasteiger partial charge is 0.508 e. The summed E-state index contributed by atoms with van der Waals surface area (Å²) in [6.07, 6.45) is 2.67. The molecule has 18 heavy (non-hydrogen) atoms. The molecule has 4 heteroatoms. The van der Waals surface area contributed by atoms with Crippen molar-refractivity contribution in [3.8, 4) is 11.5 Å². The maximum absolute atomic E-state index is 9.96. The maximum Gasteiger partial charge on any atom is 0.119 e. The van der Waals surface area contributed by atoms with Gasteiger partial charge in [0.2, 0.25) is 0 Å². The minimum absolute atomic E-state index is 0.0388. The molecule has 0 fully saturated rings. The lowest BCUT2D eigenvalue weighted by Crippen LogP contribution is -2.30. The zero-order valence-corrected chi connectivity index (χ0v) is 11.1. The van der Waals surface area contributed by atoms with Crippen LogP contribution in [0.15, 0.2) is 18.2 Å². The number of phenolic OH excluding ortho intramolecular Hbond substituents is 2. The first-order valence-corrected chi connectivity index (χ1v) is 6.47. The monoisotopic (exact) mass is 253 g/mol. The molecule has 0 aliphatic rings. The van der Waals surface area contributed by atoms with Crippen molar-refractivity contribution in [1.29, 1.82) is 0 Å². The number of aromatic hydroxyl groups is 2. The van der Waals surface area contributed by atoms with Gasteiger partial charge in [0.15, 0.2) is 0 Å². The number of rotatable bonds is 7. The standard InChI is InChI=1S/C14H23NO3/c1-3-4-5-10(2)15-9-14(18)11-6-12(16)8-13(17)7-11/h6-8,10,14-18H,3-5,9H2,1-2H3/t10-,14+/m0/s1. The zero-order chi connectivity index (χ0) is 13.5. The SMILES string of the molecule is CCCC[C@H](C)NC[C@@H](O)c1cc(O)cc(O)c1. The first-order valence-electron chi connectivity index (χ1n) is 6.47. The second-order valence-corrected chi connectivity index (χ2v) is 4.75. The van der Waals surface area contributed by atoms with E-state index in [4.69, 9.17) is 0 Å². The Morgan fingerprint density at radius 1 is 1.17 bits per heavy atom. The van der Waals surface area contributed by atoms with Crippen LogP contribution in [0.5, 0.6) is 11.5 Å². The van der Waals surface area contributed by atoms with Crippen molar-refractivity contribution in [2.45, 2.75) is 45.3 Å². The summed E-state index contributed by atoms with van der Waals surface area (Å²) in [7, 11) is 0. The topological polar surface area (TPSA) is 72.7 Å². The Balaban J connectivity index is 2.47. The van der Waals surface area contributed by atoms with Gasteiger partial charge >= 0.3 is 0 Å². The third kappa shape index (κ3) is 4.94. The van der Waals surface area contributed by atoms with Crippen molar-refractivity contribution < 1.29 is 15.3 Å². The molecule has 2 atom stereocenters. The van der Waals surface area contributed by atoms with Crippen LogP contribution in [0, 0.1) is 0 Å². The normalized spacial score (nSPS) is 14.4. The molecule has 102 valence electrons. The van der Waals surface area contributed by atoms with Gasteiger partial charge in [-0.05, 0) is 31.0 Å². The van der Waals surface area contributed by atoms with Crippen molar-refractivity contribution in [3.63, 3.8) is 0 Å². The van der Waals surface area contributed by atoms with Gasteiger partial charge in [0.1, 0.15) is 11.5 Å². The Labute approximate surface area is 108 Å². The molecule has 0 spiro atoms. The predicted octanol–water partition coefficient (Wildman–Crippen LogP) is 2.30. The molecule has 0 aliphatic heterocycles. The van der Waals surface area contributed by atoms with Crippen molar-refractivity contribution >= 4 is 0 Å². The van der Waals surface area contributed by atoms with Crippen molar-refractivity contribution in [2.24, 2.45) is 0 Å². The van der Waals surface area contributed by atoms with Crippen LogP contribution in [0.25, 0.3) is 0 Å². The molecule has 0 heterocycles. The van der Waals surface area contributed by atoms with Gasteiger partial charge in [-0.3, -0.25) is 0 Å². The van der Waals surface area contributed by atoms with Crippen LogP contribution in [0.1, 0.15) is 44.8 Å². The quantitative estimate of drug-likeness (QED) is 0.601. The highest BCUT2D eigenvalue weighted by molar-refractivity contribution is 5.37. The number of phenols is 2. The Bertz CT molecular complexity index is 348. The molecule has 0 aromatic heterocycles. The molecular formula is C14H23NO3. The highest BCUT2D eigenvalue weighted by Crippen LogP contribution is 2.24. The summed E-state index contributed by atoms with van der Waals surface area (Å²) in [5.41, 5.74) is 0.516. The summed E-state index contributed by atoms with van der Waals surface area (Å²) in [5, 5.41) is 31.9. The number of unbranched alkanes of at least 4 members (excludes halogenated alkanes) is 1. The molecule has 0 saturated carbocycles. The Morgan fingerprint density at radius 2 is 1.78 bits per heavy atom. The fourth-order valence-corrected chi connectivity index (χ4v) is 1.85. The highest BCUT2D eigenvalue weighted by atomic mass is 16.3. The van der Waals surface area contributed by atoms with Crippen LogP contribution < -0.4 is 5.32 Å². The van der Waals surface area contributed by atoms with Gasteiger partial charge in [0, 0.05) is 18.7 Å². The van der Waals surface area contributed by atoms with E-state index in [9.17, 15) is 15.3 Å². The Kier molecular flexibility index (Phi) is 5.95. The van der Waals surface area contributed by atoms with Crippen LogP contribution in [0.2, 0.25) is 0 Å². The summed E-state index contributed by atoms with van der Waals surface area (Å²) >= 11 is 0. The van der Waals surface area contributed by atoms with Gasteiger partial charge in [-0.15, -0.1) is 0 Å². The van der Waals surface area contributed by atoms with Crippen molar-refractivity contribution in [3.05, 3.63) is 23.8 Å². The van der Waals surface area contributed by atoms with Gasteiger partial charge in [-0.25, -0.2) is 0 Å². The molecule has 1 rings (SSSR count). The molecule has 4 nitrogen and oxygen atoms in total. The maximum atomic E-state index is 9.96. The number of aliphatic hydroxyl groups is 1. The molecular weight excluding hydrogens is 230 g/mol. The highest BCUT2D eigenvalue weighted by Gasteiger charge is 2.11. The van der Waals surface area contributed by atoms with Crippen LogP contribution in [-0.2, 0) is 0 Å². The molecule has 0 saturated heterocycles. The summed E-state index contributed by atoms with van der Waals surface area (Å²) in [6.45, 7) is 4.65. The number of nitrogens with one attached hydrogen (secondary N) is 1. The lowest BCUT2D eigenvalue weighted by atomic mass is 10.1. The van der Waals surface area contributed by atoms with Crippen molar-refractivity contribution in [2.75, 3.05) is 6.54 Å². The lowest BCUT2D eigenvalue weighted by molar-refractivity contribution is 0.169. The zero-order valence-electron chi connectivity index (χ0n) is 11.1. The predicted molar refractivity (Wildman–Crippen MR) is 71.7 cm³/mol. The molecule has 0 bridgehead atoms. The average Bonchev–Trinajstić information content (AvgIpc) is 2.32. The lowest BCUT2D eigenvalue weighted by Gasteiger charge is -2.17. The summed E-state index contributed by atoms with van der Waals surface area (Å²) in [4.78, 5) is 0. The number of benzene rings is 1. The third-order valence-electron chi connectivity index (χ3n) is 2.96. The number of hydrogen-bond acceptors (Lipinski definition) is 4. The molecule has 0 radical (unpaired) electrons. The van der Waals surface area contributed by atoms with E-state index in [2.05, 4.69) is 19.2 Å². The molecule has 0 unspecified atom stereocenters. The van der Waals surface area contributed by atoms with E-state index in [-0.39, 0.29) is 11.5 Å². The van der Waals surface area contributed by atoms with E-state index in [0.29, 0.717) is 18.2 Å². The van der Waals surface area contributed by atoms with Gasteiger partial charge in [0.05, 0.1) is 6.10 Å². The fourth-order valence-electron chi connectivity index (χ4n) is 1.85. The third-order valence-corrected chi connectivity index (χ3v) is 2.96. The molecule has 0 amide bonds. The van der Waals surface area contributed by atoms with E-state index in [1.807, 2.05) is 0 Å². The Morgan fingerprint density at radius 3 is 2.33 bits per heavy atom. The van der Waals surface area contributed by atoms with Crippen LogP contribution in [0.3, 0.4) is 0 Å². The van der Waals surface area contributed by atoms with Crippen LogP contribution in [-0.4, -0.2) is 27.9 Å². The van der Waals surface area contributed by atoms with Gasteiger partial charge in [0.25, 0.3) is 0 Å². The van der Waals surface area contributed by atoms with E-state index >= 15 is 0 Å². The molecule has 0 aliphatic carbocycles.